The van der Waals surface area contributed by atoms with E-state index in [1.54, 1.807) is 30.3 Å². The first-order valence-corrected chi connectivity index (χ1v) is 7.99. The van der Waals surface area contributed by atoms with Gasteiger partial charge < -0.3 is 15.2 Å². The molecule has 2 amide bonds. The summed E-state index contributed by atoms with van der Waals surface area (Å²) < 4.78 is 0. The number of hydrogen-bond donors (Lipinski definition) is 1. The van der Waals surface area contributed by atoms with E-state index in [-0.39, 0.29) is 24.2 Å². The van der Waals surface area contributed by atoms with Crippen LogP contribution < -0.4 is 0 Å². The van der Waals surface area contributed by atoms with Gasteiger partial charge in [-0.15, -0.1) is 5.01 Å². The van der Waals surface area contributed by atoms with Gasteiger partial charge >= 0.3 is 5.97 Å². The Morgan fingerprint density at radius 1 is 1.35 bits per heavy atom. The van der Waals surface area contributed by atoms with E-state index >= 15 is 0 Å². The van der Waals surface area contributed by atoms with Gasteiger partial charge in [0.05, 0.1) is 12.0 Å². The molecule has 1 unspecified atom stereocenters. The normalized spacial score (nSPS) is 17.2. The van der Waals surface area contributed by atoms with Crippen LogP contribution in [0.3, 0.4) is 0 Å². The summed E-state index contributed by atoms with van der Waals surface area (Å²) in [7, 11) is 1.26. The van der Waals surface area contributed by atoms with Crippen molar-refractivity contribution in [3.05, 3.63) is 41.1 Å². The Kier molecular flexibility index (Phi) is 6.10. The summed E-state index contributed by atoms with van der Waals surface area (Å²) in [6.07, 6.45) is -0.795. The second kappa shape index (κ2) is 8.28. The summed E-state index contributed by atoms with van der Waals surface area (Å²) in [6, 6.07) is 7.66. The number of amides is 2. The minimum absolute atomic E-state index is 0.0107. The number of likely N-dealkylation sites (N-methyl/N-ethyl adjacent to an activating group) is 1. The van der Waals surface area contributed by atoms with Crippen molar-refractivity contribution in [2.24, 2.45) is 5.28 Å². The lowest BCUT2D eigenvalue weighted by molar-refractivity contribution is -0.711. The molecule has 2 atom stereocenters. The number of rotatable bonds is 8. The van der Waals surface area contributed by atoms with Crippen LogP contribution in [-0.4, -0.2) is 57.1 Å². The van der Waals surface area contributed by atoms with Crippen LogP contribution in [0, 0.1) is 5.21 Å². The first-order chi connectivity index (χ1) is 12.3. The number of imide groups is 1. The van der Waals surface area contributed by atoms with Crippen LogP contribution >= 0.6 is 0 Å². The van der Waals surface area contributed by atoms with Crippen molar-refractivity contribution in [2.75, 3.05) is 7.05 Å². The number of hydrogen-bond acceptors (Lipinski definition) is 6. The van der Waals surface area contributed by atoms with Gasteiger partial charge in [0, 0.05) is 19.3 Å². The topological polar surface area (TPSA) is 126 Å². The quantitative estimate of drug-likeness (QED) is 0.314. The second-order valence-corrected chi connectivity index (χ2v) is 5.81. The molecule has 1 heterocycles. The molecule has 0 aliphatic carbocycles. The number of hydrazine groups is 1. The van der Waals surface area contributed by atoms with E-state index in [2.05, 4.69) is 5.28 Å². The fourth-order valence-electron chi connectivity index (χ4n) is 2.55. The molecule has 1 fully saturated rings. The number of aliphatic carboxylic acids is 1. The van der Waals surface area contributed by atoms with Gasteiger partial charge in [0.2, 0.25) is 23.3 Å². The Morgan fingerprint density at radius 3 is 2.46 bits per heavy atom. The largest absolute Gasteiger partial charge is 0.569 e. The lowest BCUT2D eigenvalue weighted by atomic mass is 10.1. The fraction of sp³-hybridized carbons (Fsp3) is 0.438. The number of carbonyl (C=O) groups excluding carboxylic acids is 2. The Hall–Kier alpha value is -3.17. The predicted molar refractivity (Wildman–Crippen MR) is 87.0 cm³/mol. The van der Waals surface area contributed by atoms with Gasteiger partial charge in [-0.25, -0.2) is 9.69 Å². The summed E-state index contributed by atoms with van der Waals surface area (Å²) in [5, 5.41) is 25.6. The summed E-state index contributed by atoms with van der Waals surface area (Å²) >= 11 is 0. The Morgan fingerprint density at radius 2 is 1.92 bits per heavy atom. The van der Waals surface area contributed by atoms with Gasteiger partial charge in [-0.2, -0.15) is 0 Å². The number of benzene rings is 1. The maximum atomic E-state index is 12.1. The van der Waals surface area contributed by atoms with Crippen LogP contribution in [0.5, 0.6) is 0 Å². The molecule has 1 aromatic rings. The van der Waals surface area contributed by atoms with Crippen LogP contribution in [0.2, 0.25) is 0 Å². The zero-order chi connectivity index (χ0) is 19.3. The van der Waals surface area contributed by atoms with Crippen LogP contribution in [-0.2, 0) is 25.6 Å². The third-order valence-electron chi connectivity index (χ3n) is 4.00. The molecule has 0 radical (unpaired) electrons. The number of carboxylic acid groups (broad SMARTS) is 1. The van der Waals surface area contributed by atoms with Crippen molar-refractivity contribution in [1.82, 2.24) is 9.91 Å². The Balaban J connectivity index is 2.04. The first-order valence-electron chi connectivity index (χ1n) is 7.99. The maximum Gasteiger partial charge on any atom is 0.332 e. The van der Waals surface area contributed by atoms with Gasteiger partial charge in [-0.05, 0) is 12.5 Å². The molecule has 1 N–H and O–H groups in total. The zero-order valence-corrected chi connectivity index (χ0v) is 14.4. The summed E-state index contributed by atoms with van der Waals surface area (Å²) in [4.78, 5) is 40.5. The minimum atomic E-state index is -1.20. The van der Waals surface area contributed by atoms with Gasteiger partial charge in [0.15, 0.2) is 6.04 Å². The highest BCUT2D eigenvalue weighted by Gasteiger charge is 2.35. The van der Waals surface area contributed by atoms with E-state index in [0.29, 0.717) is 0 Å². The van der Waals surface area contributed by atoms with E-state index in [9.17, 15) is 24.7 Å². The number of carbonyl (C=O) groups is 3. The van der Waals surface area contributed by atoms with Crippen molar-refractivity contribution in [2.45, 2.75) is 38.5 Å². The monoisotopic (exact) mass is 364 g/mol. The molecule has 0 aromatic heterocycles. The molecule has 10 heteroatoms. The van der Waals surface area contributed by atoms with Gasteiger partial charge in [0.1, 0.15) is 0 Å². The standard InChI is InChI=1S/C16H20N4O6/c1-11(19-14(21)8-9-15(19)22)26-17-20(25)18(2)13(16(23)24)10-12-6-4-3-5-7-12/h3-7,11,13H,8-10H2,1-2H3,(H,23,24)/b20-17-/t11?,13-/m0/s1. The van der Waals surface area contributed by atoms with Crippen molar-refractivity contribution >= 4 is 17.8 Å². The molecule has 1 saturated heterocycles. The number of nitrogens with zero attached hydrogens (tertiary/aromatic N) is 4. The third-order valence-corrected chi connectivity index (χ3v) is 4.00. The third kappa shape index (κ3) is 4.47. The van der Waals surface area contributed by atoms with Crippen molar-refractivity contribution in [1.29, 1.82) is 0 Å². The average molecular weight is 364 g/mol. The van der Waals surface area contributed by atoms with Crippen LogP contribution in [0.25, 0.3) is 0 Å². The molecule has 2 rings (SSSR count). The molecule has 140 valence electrons. The van der Waals surface area contributed by atoms with Crippen LogP contribution in [0.4, 0.5) is 0 Å². The molecule has 1 aromatic carbocycles. The molecule has 1 aliphatic rings. The molecular weight excluding hydrogens is 344 g/mol. The summed E-state index contributed by atoms with van der Waals surface area (Å²) in [5.74, 6) is -2.02. The molecular formula is C16H20N4O6. The van der Waals surface area contributed by atoms with E-state index < -0.39 is 30.1 Å². The smallest absolute Gasteiger partial charge is 0.332 e. The highest BCUT2D eigenvalue weighted by molar-refractivity contribution is 6.02. The van der Waals surface area contributed by atoms with E-state index in [4.69, 9.17) is 4.84 Å². The Labute approximate surface area is 149 Å². The van der Waals surface area contributed by atoms with Crippen LogP contribution in [0.1, 0.15) is 25.3 Å². The SMILES string of the molecule is CC(O/N=[N+](\[O-])N(C)[C@@H](Cc1ccccc1)C(=O)O)N1C(=O)CCC1=O. The molecule has 10 nitrogen and oxygen atoms in total. The van der Waals surface area contributed by atoms with E-state index in [1.165, 1.54) is 14.0 Å². The number of likely N-dealkylation sites (tertiary alicyclic amines) is 1. The van der Waals surface area contributed by atoms with E-state index in [1.807, 2.05) is 0 Å². The highest BCUT2D eigenvalue weighted by atomic mass is 16.7. The zero-order valence-electron chi connectivity index (χ0n) is 14.4. The summed E-state index contributed by atoms with van der Waals surface area (Å²) in [6.45, 7) is 1.40. The number of carboxylic acids is 1. The average Bonchev–Trinajstić information content (AvgIpc) is 2.96. The van der Waals surface area contributed by atoms with Crippen LogP contribution in [0.15, 0.2) is 35.6 Å². The van der Waals surface area contributed by atoms with Gasteiger partial charge in [-0.1, -0.05) is 30.3 Å². The molecule has 0 saturated carbocycles. The van der Waals surface area contributed by atoms with Crippen molar-refractivity contribution < 1.29 is 29.3 Å². The second-order valence-electron chi connectivity index (χ2n) is 5.81. The lowest BCUT2D eigenvalue weighted by Gasteiger charge is -2.22. The molecule has 26 heavy (non-hydrogen) atoms. The van der Waals surface area contributed by atoms with Gasteiger partial charge in [0.25, 0.3) is 0 Å². The fourth-order valence-corrected chi connectivity index (χ4v) is 2.55. The van der Waals surface area contributed by atoms with Crippen molar-refractivity contribution in [3.8, 4) is 0 Å². The lowest BCUT2D eigenvalue weighted by Crippen LogP contribution is -2.44. The molecule has 0 spiro atoms. The summed E-state index contributed by atoms with van der Waals surface area (Å²) in [5.41, 5.74) is 0.739. The first kappa shape index (κ1) is 19.2. The maximum absolute atomic E-state index is 12.1. The predicted octanol–water partition coefficient (Wildman–Crippen LogP) is 0.918. The highest BCUT2D eigenvalue weighted by Crippen LogP contribution is 2.16. The molecule has 1 aliphatic heterocycles. The Bertz CT molecular complexity index is 692. The van der Waals surface area contributed by atoms with Gasteiger partial charge in [-0.3, -0.25) is 9.59 Å². The van der Waals surface area contributed by atoms with E-state index in [0.717, 1.165) is 15.5 Å². The van der Waals surface area contributed by atoms with Crippen molar-refractivity contribution in [3.63, 3.8) is 0 Å². The minimum Gasteiger partial charge on any atom is -0.569 e. The molecule has 0 bridgehead atoms.